The van der Waals surface area contributed by atoms with Crippen molar-refractivity contribution in [1.82, 2.24) is 0 Å². The van der Waals surface area contributed by atoms with Crippen LogP contribution in [0, 0.1) is 45.3 Å². The molecule has 0 unspecified atom stereocenters. The van der Waals surface area contributed by atoms with E-state index in [-0.39, 0.29) is 34.7 Å². The van der Waals surface area contributed by atoms with Crippen LogP contribution in [0.5, 0.6) is 0 Å². The lowest BCUT2D eigenvalue weighted by molar-refractivity contribution is -0.131. The number of hydrogen-bond acceptors (Lipinski definition) is 3. The molecule has 33 heavy (non-hydrogen) atoms. The zero-order chi connectivity index (χ0) is 24.2. The Morgan fingerprint density at radius 3 is 2.30 bits per heavy atom. The van der Waals surface area contributed by atoms with Crippen molar-refractivity contribution in [3.63, 3.8) is 0 Å². The molecule has 5 rings (SSSR count). The number of aliphatic hydroxyl groups is 2. The minimum atomic E-state index is -0.341. The van der Waals surface area contributed by atoms with Crippen molar-refractivity contribution in [3.8, 4) is 0 Å². The van der Waals surface area contributed by atoms with Crippen LogP contribution in [0.1, 0.15) is 107 Å². The monoisotopic (exact) mass is 458 g/mol. The molecular formula is C30H50O3. The summed E-state index contributed by atoms with van der Waals surface area (Å²) in [5.74, 6) is 2.42. The molecule has 10 atom stereocenters. The van der Waals surface area contributed by atoms with Gasteiger partial charge >= 0.3 is 0 Å². The van der Waals surface area contributed by atoms with E-state index in [1.54, 1.807) is 5.57 Å². The predicted molar refractivity (Wildman–Crippen MR) is 134 cm³/mol. The van der Waals surface area contributed by atoms with E-state index in [1.165, 1.54) is 32.1 Å². The standard InChI is InChI=1S/C30H50O3/c1-18(17-22(31)25-27(4,5)33-25)19-11-15-30(8)21-9-10-23-26(2,3)24(32)13-14-28(23,6)20(21)12-16-29(19,30)7/h9,18-20,22-25,31-32H,10-17H2,1-8H3/t18-,19+,20+,22+,23-,24-,25+,28-,29-,30-/m1/s1. The highest BCUT2D eigenvalue weighted by molar-refractivity contribution is 5.33. The fraction of sp³-hybridized carbons (Fsp3) is 0.933. The van der Waals surface area contributed by atoms with Gasteiger partial charge in [0.1, 0.15) is 6.10 Å². The Hall–Kier alpha value is -0.380. The molecule has 3 nitrogen and oxygen atoms in total. The summed E-state index contributed by atoms with van der Waals surface area (Å²) in [6, 6.07) is 0. The summed E-state index contributed by atoms with van der Waals surface area (Å²) >= 11 is 0. The van der Waals surface area contributed by atoms with E-state index in [1.807, 2.05) is 0 Å². The zero-order valence-corrected chi connectivity index (χ0v) is 22.6. The molecule has 4 aliphatic carbocycles. The molecule has 1 heterocycles. The number of fused-ring (bicyclic) bond motifs is 5. The van der Waals surface area contributed by atoms with Gasteiger partial charge in [-0.3, -0.25) is 0 Å². The van der Waals surface area contributed by atoms with Gasteiger partial charge in [-0.2, -0.15) is 0 Å². The lowest BCUT2D eigenvalue weighted by atomic mass is 9.41. The minimum absolute atomic E-state index is 0.00178. The summed E-state index contributed by atoms with van der Waals surface area (Å²) in [4.78, 5) is 0. The average molecular weight is 459 g/mol. The van der Waals surface area contributed by atoms with Gasteiger partial charge < -0.3 is 14.9 Å². The van der Waals surface area contributed by atoms with E-state index in [0.717, 1.165) is 19.3 Å². The molecule has 2 N–H and O–H groups in total. The number of rotatable bonds is 4. The molecule has 4 fully saturated rings. The second-order valence-electron chi connectivity index (χ2n) is 14.7. The van der Waals surface area contributed by atoms with Crippen molar-refractivity contribution in [1.29, 1.82) is 0 Å². The first-order chi connectivity index (χ1) is 15.2. The minimum Gasteiger partial charge on any atom is -0.393 e. The molecule has 0 radical (unpaired) electrons. The average Bonchev–Trinajstić information content (AvgIpc) is 3.26. The molecule has 0 bridgehead atoms. The SMILES string of the molecule is C[C@H](C[C@H](O)[C@@H]1OC1(C)C)[C@@H]1CC[C@]2(C)C3=CC[C@@H]4C(C)(C)[C@H](O)CC[C@]4(C)[C@H]3CC[C@]12C. The topological polar surface area (TPSA) is 53.0 Å². The molecule has 0 amide bonds. The van der Waals surface area contributed by atoms with E-state index in [9.17, 15) is 10.2 Å². The number of ether oxygens (including phenoxy) is 1. The van der Waals surface area contributed by atoms with E-state index in [0.29, 0.717) is 34.5 Å². The highest BCUT2D eigenvalue weighted by Gasteiger charge is 2.65. The van der Waals surface area contributed by atoms with Crippen molar-refractivity contribution in [3.05, 3.63) is 11.6 Å². The van der Waals surface area contributed by atoms with E-state index in [2.05, 4.69) is 61.5 Å². The molecule has 0 aromatic rings. The second kappa shape index (κ2) is 7.32. The number of hydrogen-bond donors (Lipinski definition) is 2. The Labute approximate surface area is 202 Å². The van der Waals surface area contributed by atoms with Crippen LogP contribution >= 0.6 is 0 Å². The summed E-state index contributed by atoms with van der Waals surface area (Å²) in [5.41, 5.74) is 2.50. The normalized spacial score (nSPS) is 51.6. The number of allylic oxidation sites excluding steroid dienone is 2. The van der Waals surface area contributed by atoms with Crippen molar-refractivity contribution < 1.29 is 14.9 Å². The van der Waals surface area contributed by atoms with Gasteiger partial charge in [0.05, 0.1) is 17.8 Å². The molecule has 1 aliphatic heterocycles. The lowest BCUT2D eigenvalue weighted by Crippen LogP contribution is -2.58. The number of epoxide rings is 1. The third-order valence-electron chi connectivity index (χ3n) is 12.6. The molecule has 5 aliphatic rings. The van der Waals surface area contributed by atoms with Crippen molar-refractivity contribution >= 4 is 0 Å². The maximum Gasteiger partial charge on any atom is 0.113 e. The Balaban J connectivity index is 1.40. The fourth-order valence-corrected chi connectivity index (χ4v) is 10.2. The molecule has 188 valence electrons. The third-order valence-corrected chi connectivity index (χ3v) is 12.6. The second-order valence-corrected chi connectivity index (χ2v) is 14.7. The van der Waals surface area contributed by atoms with Gasteiger partial charge in [-0.15, -0.1) is 0 Å². The smallest absolute Gasteiger partial charge is 0.113 e. The van der Waals surface area contributed by atoms with Crippen LogP contribution in [-0.4, -0.2) is 34.1 Å². The van der Waals surface area contributed by atoms with Crippen LogP contribution in [0.15, 0.2) is 11.6 Å². The van der Waals surface area contributed by atoms with Gasteiger partial charge in [-0.1, -0.05) is 53.2 Å². The van der Waals surface area contributed by atoms with Gasteiger partial charge in [0.15, 0.2) is 0 Å². The van der Waals surface area contributed by atoms with Crippen LogP contribution in [0.3, 0.4) is 0 Å². The quantitative estimate of drug-likeness (QED) is 0.372. The number of aliphatic hydroxyl groups excluding tert-OH is 2. The summed E-state index contributed by atoms with van der Waals surface area (Å²) in [7, 11) is 0. The van der Waals surface area contributed by atoms with E-state index < -0.39 is 0 Å². The van der Waals surface area contributed by atoms with Gasteiger partial charge in [0, 0.05) is 0 Å². The first-order valence-corrected chi connectivity index (χ1v) is 13.9. The van der Waals surface area contributed by atoms with Gasteiger partial charge in [-0.05, 0) is 111 Å². The first-order valence-electron chi connectivity index (χ1n) is 13.9. The first kappa shape index (κ1) is 24.3. The molecular weight excluding hydrogens is 408 g/mol. The predicted octanol–water partition coefficient (Wildman–Crippen LogP) is 6.52. The Kier molecular flexibility index (Phi) is 5.40. The summed E-state index contributed by atoms with van der Waals surface area (Å²) < 4.78 is 5.76. The molecule has 0 aromatic carbocycles. The van der Waals surface area contributed by atoms with Crippen LogP contribution in [0.2, 0.25) is 0 Å². The molecule has 0 aromatic heterocycles. The Bertz CT molecular complexity index is 828. The maximum atomic E-state index is 10.9. The maximum absolute atomic E-state index is 10.9. The molecule has 1 saturated heterocycles. The van der Waals surface area contributed by atoms with Gasteiger partial charge in [-0.25, -0.2) is 0 Å². The highest BCUT2D eigenvalue weighted by Crippen LogP contribution is 2.73. The van der Waals surface area contributed by atoms with Crippen LogP contribution in [0.25, 0.3) is 0 Å². The molecule has 0 spiro atoms. The Morgan fingerprint density at radius 1 is 1.00 bits per heavy atom. The van der Waals surface area contributed by atoms with Crippen LogP contribution < -0.4 is 0 Å². The van der Waals surface area contributed by atoms with Crippen LogP contribution in [-0.2, 0) is 4.74 Å². The van der Waals surface area contributed by atoms with Gasteiger partial charge in [0.25, 0.3) is 0 Å². The van der Waals surface area contributed by atoms with Crippen molar-refractivity contribution in [2.75, 3.05) is 0 Å². The van der Waals surface area contributed by atoms with Crippen molar-refractivity contribution in [2.24, 2.45) is 45.3 Å². The highest BCUT2D eigenvalue weighted by atomic mass is 16.6. The lowest BCUT2D eigenvalue weighted by Gasteiger charge is -2.64. The van der Waals surface area contributed by atoms with Crippen LogP contribution in [0.4, 0.5) is 0 Å². The van der Waals surface area contributed by atoms with Gasteiger partial charge in [0.2, 0.25) is 0 Å². The van der Waals surface area contributed by atoms with Crippen molar-refractivity contribution in [2.45, 2.75) is 131 Å². The largest absolute Gasteiger partial charge is 0.393 e. The molecule has 3 heteroatoms. The summed E-state index contributed by atoms with van der Waals surface area (Å²) in [6.07, 6.45) is 11.4. The van der Waals surface area contributed by atoms with E-state index in [4.69, 9.17) is 4.74 Å². The fourth-order valence-electron chi connectivity index (χ4n) is 10.2. The summed E-state index contributed by atoms with van der Waals surface area (Å²) in [6.45, 7) is 19.0. The molecule has 3 saturated carbocycles. The summed E-state index contributed by atoms with van der Waals surface area (Å²) in [5, 5.41) is 21.7. The van der Waals surface area contributed by atoms with E-state index >= 15 is 0 Å². The Morgan fingerprint density at radius 2 is 1.67 bits per heavy atom. The third kappa shape index (κ3) is 3.23. The zero-order valence-electron chi connectivity index (χ0n) is 22.6.